The molecule has 2 nitrogen and oxygen atoms in total. The fourth-order valence-electron chi connectivity index (χ4n) is 1.58. The van der Waals surface area contributed by atoms with Gasteiger partial charge in [0.15, 0.2) is 11.6 Å². The van der Waals surface area contributed by atoms with Gasteiger partial charge in [0.05, 0.1) is 6.61 Å². The molecule has 1 N–H and O–H groups in total. The van der Waals surface area contributed by atoms with Crippen LogP contribution in [0.2, 0.25) is 0 Å². The van der Waals surface area contributed by atoms with E-state index < -0.39 is 11.6 Å². The molecule has 1 aliphatic rings. The summed E-state index contributed by atoms with van der Waals surface area (Å²) in [5.41, 5.74) is 0.528. The molecule has 0 unspecified atom stereocenters. The Morgan fingerprint density at radius 3 is 2.75 bits per heavy atom. The first-order valence-electron chi connectivity index (χ1n) is 5.46. The number of ether oxygens (including phenoxy) is 1. The summed E-state index contributed by atoms with van der Waals surface area (Å²) in [6.07, 6.45) is 2.29. The summed E-state index contributed by atoms with van der Waals surface area (Å²) < 4.78 is 31.9. The van der Waals surface area contributed by atoms with Crippen LogP contribution in [0.1, 0.15) is 18.4 Å². The Labute approximate surface area is 93.6 Å². The van der Waals surface area contributed by atoms with Gasteiger partial charge in [-0.3, -0.25) is 0 Å². The van der Waals surface area contributed by atoms with E-state index in [4.69, 9.17) is 4.74 Å². The van der Waals surface area contributed by atoms with Gasteiger partial charge in [0, 0.05) is 18.2 Å². The molecule has 1 saturated carbocycles. The van der Waals surface area contributed by atoms with Crippen LogP contribution in [0, 0.1) is 17.6 Å². The van der Waals surface area contributed by atoms with E-state index in [1.54, 1.807) is 7.05 Å². The van der Waals surface area contributed by atoms with Crippen molar-refractivity contribution in [2.45, 2.75) is 19.4 Å². The lowest BCUT2D eigenvalue weighted by molar-refractivity contribution is 0.280. The fraction of sp³-hybridized carbons (Fsp3) is 0.500. The van der Waals surface area contributed by atoms with Gasteiger partial charge in [-0.05, 0) is 31.9 Å². The third-order valence-electron chi connectivity index (χ3n) is 2.61. The Kier molecular flexibility index (Phi) is 3.39. The van der Waals surface area contributed by atoms with Gasteiger partial charge < -0.3 is 10.1 Å². The second-order valence-corrected chi connectivity index (χ2v) is 4.16. The van der Waals surface area contributed by atoms with E-state index in [2.05, 4.69) is 5.32 Å². The van der Waals surface area contributed by atoms with Gasteiger partial charge in [-0.2, -0.15) is 0 Å². The zero-order chi connectivity index (χ0) is 11.5. The van der Waals surface area contributed by atoms with Crippen LogP contribution in [0.15, 0.2) is 12.1 Å². The lowest BCUT2D eigenvalue weighted by Gasteiger charge is -2.12. The molecule has 1 aliphatic carbocycles. The van der Waals surface area contributed by atoms with E-state index in [9.17, 15) is 8.78 Å². The standard InChI is InChI=1S/C12H15F2NO/c1-15-6-9-4-10(13)5-11(14)12(9)16-7-8-2-3-8/h4-5,8,15H,2-3,6-7H2,1H3. The summed E-state index contributed by atoms with van der Waals surface area (Å²) in [6.45, 7) is 0.925. The Hall–Kier alpha value is -1.16. The molecule has 0 radical (unpaired) electrons. The predicted molar refractivity (Wildman–Crippen MR) is 57.3 cm³/mol. The zero-order valence-electron chi connectivity index (χ0n) is 9.22. The molecule has 2 rings (SSSR count). The summed E-state index contributed by atoms with van der Waals surface area (Å²) in [5, 5.41) is 2.87. The molecule has 1 aromatic rings. The number of hydrogen-bond acceptors (Lipinski definition) is 2. The number of benzene rings is 1. The number of nitrogens with one attached hydrogen (secondary N) is 1. The first kappa shape index (κ1) is 11.3. The van der Waals surface area contributed by atoms with Gasteiger partial charge in [-0.1, -0.05) is 0 Å². The van der Waals surface area contributed by atoms with Crippen molar-refractivity contribution in [2.24, 2.45) is 5.92 Å². The molecule has 0 aromatic heterocycles. The highest BCUT2D eigenvalue weighted by Crippen LogP contribution is 2.31. The predicted octanol–water partition coefficient (Wildman–Crippen LogP) is 2.47. The van der Waals surface area contributed by atoms with Gasteiger partial charge in [0.25, 0.3) is 0 Å². The minimum absolute atomic E-state index is 0.183. The lowest BCUT2D eigenvalue weighted by atomic mass is 10.2. The van der Waals surface area contributed by atoms with Gasteiger partial charge in [-0.25, -0.2) is 8.78 Å². The highest BCUT2D eigenvalue weighted by Gasteiger charge is 2.23. The average Bonchev–Trinajstić information content (AvgIpc) is 3.00. The first-order chi connectivity index (χ1) is 7.70. The smallest absolute Gasteiger partial charge is 0.168 e. The van der Waals surface area contributed by atoms with Crippen molar-refractivity contribution >= 4 is 0 Å². The molecule has 0 bridgehead atoms. The van der Waals surface area contributed by atoms with E-state index >= 15 is 0 Å². The summed E-state index contributed by atoms with van der Waals surface area (Å²) in [4.78, 5) is 0. The summed E-state index contributed by atoms with van der Waals surface area (Å²) >= 11 is 0. The third kappa shape index (κ3) is 2.70. The van der Waals surface area contributed by atoms with Crippen LogP contribution in [0.25, 0.3) is 0 Å². The maximum Gasteiger partial charge on any atom is 0.168 e. The maximum atomic E-state index is 13.5. The average molecular weight is 227 g/mol. The molecule has 4 heteroatoms. The quantitative estimate of drug-likeness (QED) is 0.834. The summed E-state index contributed by atoms with van der Waals surface area (Å²) in [5.74, 6) is -0.457. The zero-order valence-corrected chi connectivity index (χ0v) is 9.22. The largest absolute Gasteiger partial charge is 0.490 e. The van der Waals surface area contributed by atoms with E-state index in [1.165, 1.54) is 6.07 Å². The van der Waals surface area contributed by atoms with Crippen molar-refractivity contribution in [1.29, 1.82) is 0 Å². The molecule has 0 heterocycles. The maximum absolute atomic E-state index is 13.5. The van der Waals surface area contributed by atoms with Crippen molar-refractivity contribution < 1.29 is 13.5 Å². The van der Waals surface area contributed by atoms with Crippen LogP contribution >= 0.6 is 0 Å². The number of rotatable bonds is 5. The second-order valence-electron chi connectivity index (χ2n) is 4.16. The molecule has 0 amide bonds. The van der Waals surface area contributed by atoms with Gasteiger partial charge in [0.1, 0.15) is 5.82 Å². The minimum atomic E-state index is -0.620. The van der Waals surface area contributed by atoms with Crippen LogP contribution < -0.4 is 10.1 Å². The van der Waals surface area contributed by atoms with Gasteiger partial charge in [-0.15, -0.1) is 0 Å². The second kappa shape index (κ2) is 4.78. The third-order valence-corrected chi connectivity index (χ3v) is 2.61. The van der Waals surface area contributed by atoms with E-state index in [1.807, 2.05) is 0 Å². The first-order valence-corrected chi connectivity index (χ1v) is 5.46. The summed E-state index contributed by atoms with van der Waals surface area (Å²) in [6, 6.07) is 2.17. The summed E-state index contributed by atoms with van der Waals surface area (Å²) in [7, 11) is 1.73. The highest BCUT2D eigenvalue weighted by atomic mass is 19.1. The molecule has 0 atom stereocenters. The Morgan fingerprint density at radius 2 is 2.12 bits per heavy atom. The van der Waals surface area contributed by atoms with Crippen LogP contribution in [0.3, 0.4) is 0 Å². The van der Waals surface area contributed by atoms with Gasteiger partial charge in [0.2, 0.25) is 0 Å². The van der Waals surface area contributed by atoms with Crippen molar-refractivity contribution in [3.63, 3.8) is 0 Å². The van der Waals surface area contributed by atoms with Crippen LogP contribution in [0.4, 0.5) is 8.78 Å². The monoisotopic (exact) mass is 227 g/mol. The molecule has 0 spiro atoms. The van der Waals surface area contributed by atoms with Crippen molar-refractivity contribution in [2.75, 3.05) is 13.7 Å². The van der Waals surface area contributed by atoms with Gasteiger partial charge >= 0.3 is 0 Å². The normalized spacial score (nSPS) is 15.2. The molecule has 16 heavy (non-hydrogen) atoms. The van der Waals surface area contributed by atoms with Crippen molar-refractivity contribution in [1.82, 2.24) is 5.32 Å². The Morgan fingerprint density at radius 1 is 1.38 bits per heavy atom. The molecular weight excluding hydrogens is 212 g/mol. The molecule has 1 aromatic carbocycles. The van der Waals surface area contributed by atoms with E-state index in [0.29, 0.717) is 24.6 Å². The Balaban J connectivity index is 2.16. The van der Waals surface area contributed by atoms with E-state index in [0.717, 1.165) is 18.9 Å². The molecule has 1 fully saturated rings. The topological polar surface area (TPSA) is 21.3 Å². The van der Waals surface area contributed by atoms with Crippen LogP contribution in [-0.4, -0.2) is 13.7 Å². The minimum Gasteiger partial charge on any atom is -0.490 e. The van der Waals surface area contributed by atoms with Crippen molar-refractivity contribution in [3.05, 3.63) is 29.3 Å². The highest BCUT2D eigenvalue weighted by molar-refractivity contribution is 5.35. The number of hydrogen-bond donors (Lipinski definition) is 1. The van der Waals surface area contributed by atoms with Crippen molar-refractivity contribution in [3.8, 4) is 5.75 Å². The number of halogens is 2. The Bertz CT molecular complexity index is 378. The van der Waals surface area contributed by atoms with Crippen LogP contribution in [0.5, 0.6) is 5.75 Å². The fourth-order valence-corrected chi connectivity index (χ4v) is 1.58. The molecular formula is C12H15F2NO. The molecule has 0 aliphatic heterocycles. The van der Waals surface area contributed by atoms with E-state index in [-0.39, 0.29) is 5.75 Å². The molecule has 88 valence electrons. The molecule has 0 saturated heterocycles. The SMILES string of the molecule is CNCc1cc(F)cc(F)c1OCC1CC1. The lowest BCUT2D eigenvalue weighted by Crippen LogP contribution is -2.10. The van der Waals surface area contributed by atoms with Crippen LogP contribution in [-0.2, 0) is 6.54 Å².